The summed E-state index contributed by atoms with van der Waals surface area (Å²) in [4.78, 5) is 11.7. The van der Waals surface area contributed by atoms with Gasteiger partial charge in [-0.1, -0.05) is 5.16 Å². The van der Waals surface area contributed by atoms with Crippen LogP contribution >= 0.6 is 0 Å². The molecule has 0 spiro atoms. The normalized spacial score (nSPS) is 12.9. The van der Waals surface area contributed by atoms with E-state index in [0.29, 0.717) is 6.61 Å². The standard InChI is InChI=1S/C14H19FN2O4/c1-9(7-20-3)16-14(18)8-21-13-5-4-11(15)6-12(13)10(2)17-19/h4-6,9,19H,7-8H2,1-3H3,(H,16,18)/b17-10+. The van der Waals surface area contributed by atoms with E-state index in [1.54, 1.807) is 14.0 Å². The Balaban J connectivity index is 2.69. The topological polar surface area (TPSA) is 80.2 Å². The molecule has 0 radical (unpaired) electrons. The predicted octanol–water partition coefficient (Wildman–Crippen LogP) is 1.55. The Bertz CT molecular complexity index is 520. The molecular weight excluding hydrogens is 279 g/mol. The second-order valence-electron chi connectivity index (χ2n) is 4.54. The lowest BCUT2D eigenvalue weighted by Crippen LogP contribution is -2.38. The maximum atomic E-state index is 13.2. The molecule has 116 valence electrons. The van der Waals surface area contributed by atoms with Crippen LogP contribution in [0.5, 0.6) is 5.75 Å². The SMILES string of the molecule is COCC(C)NC(=O)COc1ccc(F)cc1/C(C)=N/O. The Morgan fingerprint density at radius 2 is 2.24 bits per heavy atom. The highest BCUT2D eigenvalue weighted by molar-refractivity contribution is 6.00. The molecular formula is C14H19FN2O4. The smallest absolute Gasteiger partial charge is 0.258 e. The summed E-state index contributed by atoms with van der Waals surface area (Å²) in [5.74, 6) is -0.548. The van der Waals surface area contributed by atoms with Crippen LogP contribution in [0.1, 0.15) is 19.4 Å². The van der Waals surface area contributed by atoms with Crippen molar-refractivity contribution in [2.75, 3.05) is 20.3 Å². The molecule has 1 aromatic carbocycles. The minimum absolute atomic E-state index is 0.139. The van der Waals surface area contributed by atoms with Gasteiger partial charge in [0.1, 0.15) is 11.6 Å². The summed E-state index contributed by atoms with van der Waals surface area (Å²) < 4.78 is 23.5. The lowest BCUT2D eigenvalue weighted by Gasteiger charge is -2.14. The third-order valence-electron chi connectivity index (χ3n) is 2.66. The fourth-order valence-electron chi connectivity index (χ4n) is 1.72. The highest BCUT2D eigenvalue weighted by Crippen LogP contribution is 2.20. The molecule has 0 heterocycles. The maximum absolute atomic E-state index is 13.2. The number of oxime groups is 1. The predicted molar refractivity (Wildman–Crippen MR) is 75.4 cm³/mol. The first-order chi connectivity index (χ1) is 9.97. The molecule has 1 rings (SSSR count). The van der Waals surface area contributed by atoms with E-state index in [2.05, 4.69) is 10.5 Å². The number of amides is 1. The second-order valence-corrected chi connectivity index (χ2v) is 4.54. The monoisotopic (exact) mass is 298 g/mol. The van der Waals surface area contributed by atoms with Crippen LogP contribution in [0.15, 0.2) is 23.4 Å². The van der Waals surface area contributed by atoms with Crippen molar-refractivity contribution in [1.29, 1.82) is 0 Å². The zero-order chi connectivity index (χ0) is 15.8. The average Bonchev–Trinajstić information content (AvgIpc) is 2.45. The summed E-state index contributed by atoms with van der Waals surface area (Å²) in [6.45, 7) is 3.46. The second kappa shape index (κ2) is 8.21. The Morgan fingerprint density at radius 3 is 2.86 bits per heavy atom. The van der Waals surface area contributed by atoms with E-state index in [1.807, 2.05) is 0 Å². The summed E-state index contributed by atoms with van der Waals surface area (Å²) >= 11 is 0. The molecule has 1 atom stereocenters. The molecule has 1 amide bonds. The first-order valence-corrected chi connectivity index (χ1v) is 6.37. The van der Waals surface area contributed by atoms with Crippen molar-refractivity contribution in [2.24, 2.45) is 5.16 Å². The third-order valence-corrected chi connectivity index (χ3v) is 2.66. The van der Waals surface area contributed by atoms with Crippen LogP contribution in [0.25, 0.3) is 0 Å². The van der Waals surface area contributed by atoms with E-state index in [-0.39, 0.29) is 35.6 Å². The van der Waals surface area contributed by atoms with Gasteiger partial charge in [-0.15, -0.1) is 0 Å². The van der Waals surface area contributed by atoms with Gasteiger partial charge in [-0.25, -0.2) is 4.39 Å². The van der Waals surface area contributed by atoms with Gasteiger partial charge in [0.25, 0.3) is 5.91 Å². The van der Waals surface area contributed by atoms with Gasteiger partial charge in [0.05, 0.1) is 12.3 Å². The number of hydrogen-bond acceptors (Lipinski definition) is 5. The molecule has 0 bridgehead atoms. The van der Waals surface area contributed by atoms with Gasteiger partial charge in [-0.3, -0.25) is 4.79 Å². The third kappa shape index (κ3) is 5.39. The first kappa shape index (κ1) is 16.9. The molecule has 0 saturated carbocycles. The number of carbonyl (C=O) groups is 1. The summed E-state index contributed by atoms with van der Waals surface area (Å²) in [6.07, 6.45) is 0. The van der Waals surface area contributed by atoms with E-state index in [9.17, 15) is 9.18 Å². The number of carbonyl (C=O) groups excluding carboxylic acids is 1. The van der Waals surface area contributed by atoms with Crippen LogP contribution in [0.2, 0.25) is 0 Å². The van der Waals surface area contributed by atoms with E-state index < -0.39 is 5.82 Å². The fraction of sp³-hybridized carbons (Fsp3) is 0.429. The van der Waals surface area contributed by atoms with E-state index >= 15 is 0 Å². The van der Waals surface area contributed by atoms with Crippen LogP contribution in [-0.4, -0.2) is 43.2 Å². The van der Waals surface area contributed by atoms with E-state index in [4.69, 9.17) is 14.7 Å². The minimum Gasteiger partial charge on any atom is -0.483 e. The van der Waals surface area contributed by atoms with Crippen molar-refractivity contribution in [1.82, 2.24) is 5.32 Å². The van der Waals surface area contributed by atoms with E-state index in [0.717, 1.165) is 0 Å². The van der Waals surface area contributed by atoms with Gasteiger partial charge in [0, 0.05) is 18.7 Å². The van der Waals surface area contributed by atoms with Crippen LogP contribution in [-0.2, 0) is 9.53 Å². The molecule has 21 heavy (non-hydrogen) atoms. The Labute approximate surface area is 122 Å². The summed E-state index contributed by atoms with van der Waals surface area (Å²) in [5.41, 5.74) is 0.480. The van der Waals surface area contributed by atoms with Gasteiger partial charge in [-0.2, -0.15) is 0 Å². The summed E-state index contributed by atoms with van der Waals surface area (Å²) in [7, 11) is 1.54. The number of ether oxygens (including phenoxy) is 2. The minimum atomic E-state index is -0.487. The van der Waals surface area contributed by atoms with E-state index in [1.165, 1.54) is 25.1 Å². The Kier molecular flexibility index (Phi) is 6.61. The van der Waals surface area contributed by atoms with Crippen LogP contribution < -0.4 is 10.1 Å². The number of rotatable bonds is 7. The van der Waals surface area contributed by atoms with Gasteiger partial charge >= 0.3 is 0 Å². The molecule has 0 aliphatic carbocycles. The Hall–Kier alpha value is -2.15. The maximum Gasteiger partial charge on any atom is 0.258 e. The summed E-state index contributed by atoms with van der Waals surface area (Å²) in [6, 6.07) is 3.62. The zero-order valence-electron chi connectivity index (χ0n) is 12.2. The quantitative estimate of drug-likeness (QED) is 0.455. The molecule has 0 aliphatic rings. The number of nitrogens with one attached hydrogen (secondary N) is 1. The molecule has 0 aromatic heterocycles. The van der Waals surface area contributed by atoms with Crippen LogP contribution in [0.4, 0.5) is 4.39 Å². The van der Waals surface area contributed by atoms with Crippen LogP contribution in [0.3, 0.4) is 0 Å². The molecule has 7 heteroatoms. The highest BCUT2D eigenvalue weighted by atomic mass is 19.1. The number of hydrogen-bond donors (Lipinski definition) is 2. The number of halogens is 1. The highest BCUT2D eigenvalue weighted by Gasteiger charge is 2.12. The number of benzene rings is 1. The molecule has 0 fully saturated rings. The molecule has 1 unspecified atom stereocenters. The lowest BCUT2D eigenvalue weighted by molar-refractivity contribution is -0.124. The van der Waals surface area contributed by atoms with Crippen molar-refractivity contribution >= 4 is 11.6 Å². The molecule has 1 aromatic rings. The van der Waals surface area contributed by atoms with Crippen LogP contribution in [0, 0.1) is 5.82 Å². The zero-order valence-corrected chi connectivity index (χ0v) is 12.2. The van der Waals surface area contributed by atoms with Gasteiger partial charge in [0.15, 0.2) is 6.61 Å². The lowest BCUT2D eigenvalue weighted by atomic mass is 10.1. The molecule has 0 saturated heterocycles. The van der Waals surface area contributed by atoms with Crippen molar-refractivity contribution in [3.05, 3.63) is 29.6 Å². The van der Waals surface area contributed by atoms with Crippen molar-refractivity contribution in [3.63, 3.8) is 0 Å². The number of methoxy groups -OCH3 is 1. The molecule has 0 aliphatic heterocycles. The summed E-state index contributed by atoms with van der Waals surface area (Å²) in [5, 5.41) is 14.5. The molecule has 6 nitrogen and oxygen atoms in total. The van der Waals surface area contributed by atoms with Gasteiger partial charge in [0.2, 0.25) is 0 Å². The fourth-order valence-corrected chi connectivity index (χ4v) is 1.72. The average molecular weight is 298 g/mol. The van der Waals surface area contributed by atoms with Crippen molar-refractivity contribution in [3.8, 4) is 5.75 Å². The first-order valence-electron chi connectivity index (χ1n) is 6.37. The number of nitrogens with zero attached hydrogens (tertiary/aromatic N) is 1. The Morgan fingerprint density at radius 1 is 1.52 bits per heavy atom. The van der Waals surface area contributed by atoms with Gasteiger partial charge in [-0.05, 0) is 32.0 Å². The van der Waals surface area contributed by atoms with Crippen molar-refractivity contribution < 1.29 is 23.9 Å². The largest absolute Gasteiger partial charge is 0.483 e. The van der Waals surface area contributed by atoms with Gasteiger partial charge < -0.3 is 20.0 Å². The van der Waals surface area contributed by atoms with Crippen molar-refractivity contribution in [2.45, 2.75) is 19.9 Å². The molecule has 2 N–H and O–H groups in total.